The van der Waals surface area contributed by atoms with Gasteiger partial charge < -0.3 is 48.5 Å². The number of alkyl halides is 1. The summed E-state index contributed by atoms with van der Waals surface area (Å²) in [6.07, 6.45) is 28.0. The number of allylic oxidation sites excluding steroid dienone is 9. The SMILES string of the molecule is C=C(C)[C@@H]1CCC(C)=C[C@H]1c1c(O)cc(C(C)(C)CCCCCC)cc1O.C=C(C)[C@@H]1CCC(C)=C[C@H]1c1c(O)cc(C(C)(C)CCCCCC)cc1OCN(C(=O)OC)c1ccccc1.C=C(C)[C@@H]1CCC(C)=C[C@H]1c1c(OCN(C(=O)OC)c2ccccc2)cc(C(C)(C)CCCCCC)cc1OCN(C(=O)OC)c1ccccc1.COC(=O)N(CCl)c1ccccc1. The number of hydrogen-bond donors (Lipinski definition) is 3. The lowest BCUT2D eigenvalue weighted by Gasteiger charge is -2.35. The summed E-state index contributed by atoms with van der Waals surface area (Å²) in [7, 11) is 5.42. The number of phenols is 3. The molecule has 0 aliphatic heterocycles. The molecule has 0 heterocycles. The van der Waals surface area contributed by atoms with Crippen molar-refractivity contribution in [2.24, 2.45) is 17.8 Å². The van der Waals surface area contributed by atoms with Crippen LogP contribution in [0.1, 0.15) is 290 Å². The van der Waals surface area contributed by atoms with Gasteiger partial charge in [0.1, 0.15) is 40.5 Å². The zero-order valence-electron chi connectivity index (χ0n) is 81.5. The summed E-state index contributed by atoms with van der Waals surface area (Å²) in [5.41, 5.74) is 14.8. The lowest BCUT2D eigenvalue weighted by molar-refractivity contribution is 0.169. The number of amides is 4. The van der Waals surface area contributed by atoms with Crippen LogP contribution in [0.5, 0.6) is 34.5 Å². The maximum absolute atomic E-state index is 13.1. The Hall–Kier alpha value is -10.9. The largest absolute Gasteiger partial charge is 0.507 e. The second-order valence-corrected chi connectivity index (χ2v) is 37.5. The molecule has 0 radical (unpaired) electrons. The number of para-hydroxylation sites is 4. The third-order valence-corrected chi connectivity index (χ3v) is 26.1. The minimum atomic E-state index is -0.531. The van der Waals surface area contributed by atoms with E-state index in [2.05, 4.69) is 158 Å². The number of carbonyl (C=O) groups is 4. The third kappa shape index (κ3) is 30.4. The average molecular weight is 1800 g/mol. The Bertz CT molecular complexity index is 4780. The molecule has 19 heteroatoms. The fourth-order valence-electron chi connectivity index (χ4n) is 17.7. The van der Waals surface area contributed by atoms with Crippen molar-refractivity contribution in [3.05, 3.63) is 263 Å². The van der Waals surface area contributed by atoms with Gasteiger partial charge in [0.25, 0.3) is 0 Å². The predicted octanol–water partition coefficient (Wildman–Crippen LogP) is 30.3. The zero-order valence-corrected chi connectivity index (χ0v) is 82.3. The smallest absolute Gasteiger partial charge is 0.416 e. The van der Waals surface area contributed by atoms with Gasteiger partial charge in [-0.05, 0) is 235 Å². The highest BCUT2D eigenvalue weighted by atomic mass is 35.5. The molecule has 6 atom stereocenters. The zero-order chi connectivity index (χ0) is 95.4. The van der Waals surface area contributed by atoms with Crippen LogP contribution in [0.15, 0.2) is 229 Å². The van der Waals surface area contributed by atoms with Crippen molar-refractivity contribution >= 4 is 58.7 Å². The first-order chi connectivity index (χ1) is 62.0. The predicted molar refractivity (Wildman–Crippen MR) is 534 cm³/mol. The first-order valence-corrected chi connectivity index (χ1v) is 47.3. The van der Waals surface area contributed by atoms with Gasteiger partial charge in [0.2, 0.25) is 0 Å². The molecule has 0 bridgehead atoms. The Kier molecular flexibility index (Phi) is 42.7. The first-order valence-electron chi connectivity index (χ1n) is 46.7. The van der Waals surface area contributed by atoms with Crippen LogP contribution in [0.2, 0.25) is 0 Å². The average Bonchev–Trinajstić information content (AvgIpc) is 0.768. The van der Waals surface area contributed by atoms with Gasteiger partial charge in [0, 0.05) is 40.1 Å². The number of halogens is 1. The summed E-state index contributed by atoms with van der Waals surface area (Å²) in [6, 6.07) is 49.2. The monoisotopic (exact) mass is 1800 g/mol. The van der Waals surface area contributed by atoms with Gasteiger partial charge in [0.15, 0.2) is 20.2 Å². The summed E-state index contributed by atoms with van der Waals surface area (Å²) >= 11 is 5.60. The molecule has 3 aliphatic rings. The number of benzene rings is 7. The molecule has 706 valence electrons. The lowest BCUT2D eigenvalue weighted by Crippen LogP contribution is -2.35. The van der Waals surface area contributed by atoms with E-state index in [0.29, 0.717) is 39.9 Å². The number of unbranched alkanes of at least 4 members (excludes halogenated alkanes) is 9. The maximum Gasteiger partial charge on any atom is 0.416 e. The quantitative estimate of drug-likeness (QED) is 0.00822. The number of nitrogens with zero attached hydrogens (tertiary/aromatic N) is 4. The fraction of sp³-hybridized carbons (Fsp3) is 0.477. The molecule has 4 amide bonds. The van der Waals surface area contributed by atoms with Crippen molar-refractivity contribution in [3.8, 4) is 34.5 Å². The molecule has 10 rings (SSSR count). The summed E-state index contributed by atoms with van der Waals surface area (Å²) < 4.78 is 40.0. The second kappa shape index (κ2) is 52.3. The van der Waals surface area contributed by atoms with Crippen LogP contribution in [0.3, 0.4) is 0 Å². The number of ether oxygens (including phenoxy) is 7. The fourth-order valence-corrected chi connectivity index (χ4v) is 17.9. The Balaban J connectivity index is 0.000000258. The molecule has 0 fully saturated rings. The summed E-state index contributed by atoms with van der Waals surface area (Å²) in [5.74, 6) is 2.89. The highest BCUT2D eigenvalue weighted by Gasteiger charge is 2.38. The van der Waals surface area contributed by atoms with E-state index in [0.717, 1.165) is 127 Å². The van der Waals surface area contributed by atoms with Gasteiger partial charge in [-0.1, -0.05) is 284 Å². The first kappa shape index (κ1) is 106. The van der Waals surface area contributed by atoms with E-state index in [1.54, 1.807) is 12.1 Å². The Morgan fingerprint density at radius 2 is 0.615 bits per heavy atom. The third-order valence-electron chi connectivity index (χ3n) is 25.8. The lowest BCUT2D eigenvalue weighted by atomic mass is 9.72. The van der Waals surface area contributed by atoms with E-state index in [1.165, 1.54) is 123 Å². The molecule has 0 aromatic heterocycles. The standard InChI is InChI=1S/C43H56N2O6.C34H47NO4.C25H38O2.C9H10ClNO2/c1-9-10-11-18-25-43(5,6)33-27-38(50-29-44(41(46)48-7)34-19-14-12-15-20-34)40(37-26-32(4)23-24-36(37)31(2)3)39(28-33)51-30-45(42(47)49-8)35-21-16-13-17-22-35;1-8-9-10-14-19-34(5,6)26-21-30(36)32(29-20-25(4)17-18-28(29)24(2)3)31(22-26)39-23-35(33(37)38-7)27-15-12-11-13-16-27;1-7-8-9-10-13-25(5,6)19-15-22(26)24(23(27)16-19)21-14-18(4)11-12-20(21)17(2)3;1-13-9(12)11(7-10)8-5-3-2-4-6-8/h12-17,19-22,26-28,36-37H,2,9-11,18,23-25,29-30H2,1,3-8H3;11-13,15-16,20-22,28-29,36H,2,8-10,14,17-19,23H2,1,3-7H3;14-16,20-21,26-27H,2,7-13H2,1,3-6H3;2-6H,7H2,1H3/t36-,37+;28-,29+;20-,21+;/m000./s1. The minimum absolute atomic E-state index is 0.00188. The minimum Gasteiger partial charge on any atom is -0.507 e. The van der Waals surface area contributed by atoms with Gasteiger partial charge >= 0.3 is 24.4 Å². The summed E-state index contributed by atoms with van der Waals surface area (Å²) in [4.78, 5) is 55.8. The highest BCUT2D eigenvalue weighted by molar-refractivity contribution is 6.21. The van der Waals surface area contributed by atoms with Gasteiger partial charge in [-0.25, -0.2) is 33.9 Å². The second-order valence-electron chi connectivity index (χ2n) is 37.3. The molecular weight excluding hydrogens is 1650 g/mol. The molecule has 0 saturated carbocycles. The molecule has 7 aromatic carbocycles. The van der Waals surface area contributed by atoms with Crippen molar-refractivity contribution in [3.63, 3.8) is 0 Å². The van der Waals surface area contributed by atoms with E-state index in [4.69, 9.17) is 40.0 Å². The van der Waals surface area contributed by atoms with Crippen LogP contribution in [0.25, 0.3) is 0 Å². The molecule has 3 N–H and O–H groups in total. The number of aromatic hydroxyl groups is 3. The molecule has 0 unspecified atom stereocenters. The van der Waals surface area contributed by atoms with Crippen LogP contribution in [-0.4, -0.2) is 94.3 Å². The normalized spacial score (nSPS) is 16.5. The number of hydrogen-bond acceptors (Lipinski definition) is 14. The van der Waals surface area contributed by atoms with Crippen LogP contribution in [0.4, 0.5) is 41.9 Å². The number of phenolic OH excluding ortho intramolecular Hbond substituents is 3. The van der Waals surface area contributed by atoms with Crippen LogP contribution in [0, 0.1) is 17.8 Å². The van der Waals surface area contributed by atoms with E-state index >= 15 is 0 Å². The van der Waals surface area contributed by atoms with Gasteiger partial charge in [-0.15, -0.1) is 11.6 Å². The van der Waals surface area contributed by atoms with E-state index < -0.39 is 24.4 Å². The van der Waals surface area contributed by atoms with Crippen LogP contribution < -0.4 is 33.8 Å². The Morgan fingerprint density at radius 3 is 0.892 bits per heavy atom. The number of carbonyl (C=O) groups excluding carboxylic acids is 4. The van der Waals surface area contributed by atoms with Gasteiger partial charge in [-0.3, -0.25) is 4.90 Å². The Labute approximate surface area is 783 Å². The van der Waals surface area contributed by atoms with Crippen LogP contribution in [-0.2, 0) is 35.2 Å². The van der Waals surface area contributed by atoms with Crippen LogP contribution >= 0.6 is 11.6 Å². The molecule has 18 nitrogen and oxygen atoms in total. The maximum atomic E-state index is 13.1. The summed E-state index contributed by atoms with van der Waals surface area (Å²) in [5, 5.41) is 33.3. The molecule has 0 saturated heterocycles. The number of methoxy groups -OCH3 is 4. The van der Waals surface area contributed by atoms with E-state index in [1.807, 2.05) is 134 Å². The molecule has 7 aromatic rings. The summed E-state index contributed by atoms with van der Waals surface area (Å²) in [6.45, 7) is 45.2. The van der Waals surface area contributed by atoms with E-state index in [9.17, 15) is 34.5 Å². The van der Waals surface area contributed by atoms with Gasteiger partial charge in [0.05, 0.1) is 45.5 Å². The molecule has 0 spiro atoms. The van der Waals surface area contributed by atoms with Crippen molar-refractivity contribution < 1.29 is 67.7 Å². The molecular formula is C111H151ClN4O14. The van der Waals surface area contributed by atoms with Crippen molar-refractivity contribution in [2.75, 3.05) is 74.2 Å². The topological polar surface area (TPSA) is 207 Å². The molecule has 3 aliphatic carbocycles. The number of anilines is 4. The van der Waals surface area contributed by atoms with E-state index in [-0.39, 0.29) is 95.2 Å². The number of rotatable bonds is 38. The van der Waals surface area contributed by atoms with Crippen molar-refractivity contribution in [1.29, 1.82) is 0 Å². The van der Waals surface area contributed by atoms with Crippen molar-refractivity contribution in [2.45, 2.75) is 273 Å². The molecule has 130 heavy (non-hydrogen) atoms. The highest BCUT2D eigenvalue weighted by Crippen LogP contribution is 2.53. The van der Waals surface area contributed by atoms with Crippen molar-refractivity contribution in [1.82, 2.24) is 0 Å². The van der Waals surface area contributed by atoms with Gasteiger partial charge in [-0.2, -0.15) is 0 Å². The Morgan fingerprint density at radius 1 is 0.369 bits per heavy atom.